The zero-order valence-corrected chi connectivity index (χ0v) is 15.7. The molecule has 1 heterocycles. The van der Waals surface area contributed by atoms with Gasteiger partial charge in [-0.05, 0) is 30.9 Å². The predicted molar refractivity (Wildman–Crippen MR) is 100 cm³/mol. The zero-order chi connectivity index (χ0) is 18.7. The first-order valence-corrected chi connectivity index (χ1v) is 9.88. The van der Waals surface area contributed by atoms with Crippen LogP contribution in [0.1, 0.15) is 37.8 Å². The predicted octanol–water partition coefficient (Wildman–Crippen LogP) is 3.12. The van der Waals surface area contributed by atoms with E-state index >= 15 is 0 Å². The fourth-order valence-electron chi connectivity index (χ4n) is 3.57. The van der Waals surface area contributed by atoms with Crippen LogP contribution in [-0.2, 0) is 9.59 Å². The van der Waals surface area contributed by atoms with Crippen molar-refractivity contribution in [2.24, 2.45) is 5.92 Å². The fraction of sp³-hybridized carbons (Fsp3) is 0.500. The van der Waals surface area contributed by atoms with Gasteiger partial charge in [-0.2, -0.15) is 0 Å². The number of rotatable bonds is 6. The summed E-state index contributed by atoms with van der Waals surface area (Å²) in [5.41, 5.74) is 1.36. The minimum absolute atomic E-state index is 0.00759. The molecule has 2 aliphatic rings. The van der Waals surface area contributed by atoms with E-state index in [0.717, 1.165) is 18.4 Å². The van der Waals surface area contributed by atoms with Gasteiger partial charge in [0.25, 0.3) is 0 Å². The van der Waals surface area contributed by atoms with Crippen LogP contribution in [0, 0.1) is 11.7 Å². The van der Waals surface area contributed by atoms with Gasteiger partial charge in [-0.3, -0.25) is 14.5 Å². The van der Waals surface area contributed by atoms with Crippen molar-refractivity contribution in [3.8, 4) is 0 Å². The Morgan fingerprint density at radius 3 is 2.69 bits per heavy atom. The molecule has 1 saturated carbocycles. The first-order chi connectivity index (χ1) is 12.5. The maximum Gasteiger partial charge on any atom is 0.186 e. The van der Waals surface area contributed by atoms with Gasteiger partial charge in [0.1, 0.15) is 5.82 Å². The van der Waals surface area contributed by atoms with Gasteiger partial charge in [0.2, 0.25) is 0 Å². The lowest BCUT2D eigenvalue weighted by atomic mass is 9.93. The number of hydrogen-bond acceptors (Lipinski definition) is 5. The topological polar surface area (TPSA) is 57.6 Å². The molecular formula is C20H24FNO3S. The van der Waals surface area contributed by atoms with Gasteiger partial charge < -0.3 is 5.11 Å². The fourth-order valence-corrected chi connectivity index (χ4v) is 4.52. The number of aliphatic hydroxyl groups is 1. The number of halogens is 1. The van der Waals surface area contributed by atoms with Gasteiger partial charge in [0.05, 0.1) is 12.6 Å². The Balaban J connectivity index is 1.87. The molecule has 0 aromatic heterocycles. The third-order valence-corrected chi connectivity index (χ3v) is 6.11. The van der Waals surface area contributed by atoms with Crippen molar-refractivity contribution < 1.29 is 19.1 Å². The Labute approximate surface area is 157 Å². The van der Waals surface area contributed by atoms with E-state index in [9.17, 15) is 19.1 Å². The maximum absolute atomic E-state index is 14.5. The average molecular weight is 377 g/mol. The lowest BCUT2D eigenvalue weighted by Crippen LogP contribution is -2.43. The third-order valence-electron chi connectivity index (χ3n) is 4.95. The summed E-state index contributed by atoms with van der Waals surface area (Å²) < 4.78 is 14.5. The molecule has 6 heteroatoms. The van der Waals surface area contributed by atoms with Gasteiger partial charge in [-0.25, -0.2) is 4.39 Å². The average Bonchev–Trinajstić information content (AvgIpc) is 3.44. The highest BCUT2D eigenvalue weighted by molar-refractivity contribution is 8.14. The molecule has 4 nitrogen and oxygen atoms in total. The summed E-state index contributed by atoms with van der Waals surface area (Å²) in [6.07, 6.45) is 4.16. The summed E-state index contributed by atoms with van der Waals surface area (Å²) >= 11 is 1.26. The van der Waals surface area contributed by atoms with E-state index in [-0.39, 0.29) is 34.5 Å². The number of piperidine rings is 1. The van der Waals surface area contributed by atoms with Crippen molar-refractivity contribution in [1.29, 1.82) is 0 Å². The van der Waals surface area contributed by atoms with E-state index in [1.54, 1.807) is 24.3 Å². The van der Waals surface area contributed by atoms with Crippen molar-refractivity contribution in [3.05, 3.63) is 47.3 Å². The molecule has 0 radical (unpaired) electrons. The first kappa shape index (κ1) is 19.3. The molecule has 2 atom stereocenters. The summed E-state index contributed by atoms with van der Waals surface area (Å²) in [5, 5.41) is 9.39. The number of carbonyl (C=O) groups is 2. The van der Waals surface area contributed by atoms with Gasteiger partial charge >= 0.3 is 0 Å². The van der Waals surface area contributed by atoms with Gasteiger partial charge in [0.15, 0.2) is 10.9 Å². The zero-order valence-electron chi connectivity index (χ0n) is 14.9. The summed E-state index contributed by atoms with van der Waals surface area (Å²) in [5.74, 6) is -0.260. The smallest absolute Gasteiger partial charge is 0.186 e. The monoisotopic (exact) mass is 377 g/mol. The third kappa shape index (κ3) is 4.42. The minimum Gasteiger partial charge on any atom is -0.392 e. The number of ketones is 1. The van der Waals surface area contributed by atoms with E-state index in [1.165, 1.54) is 24.8 Å². The number of nitrogens with zero attached hydrogens (tertiary/aromatic N) is 1. The molecule has 1 aromatic rings. The molecule has 0 bridgehead atoms. The van der Waals surface area contributed by atoms with Crippen molar-refractivity contribution in [3.63, 3.8) is 0 Å². The Kier molecular flexibility index (Phi) is 6.27. The summed E-state index contributed by atoms with van der Waals surface area (Å²) in [4.78, 5) is 26.4. The van der Waals surface area contributed by atoms with Crippen molar-refractivity contribution >= 4 is 22.7 Å². The Morgan fingerprint density at radius 1 is 1.35 bits per heavy atom. The lowest BCUT2D eigenvalue weighted by molar-refractivity contribution is -0.126. The molecule has 0 spiro atoms. The summed E-state index contributed by atoms with van der Waals surface area (Å²) in [6.45, 7) is 2.50. The van der Waals surface area contributed by atoms with E-state index < -0.39 is 6.04 Å². The molecule has 3 rings (SSSR count). The van der Waals surface area contributed by atoms with Gasteiger partial charge in [-0.15, -0.1) is 0 Å². The van der Waals surface area contributed by atoms with Crippen molar-refractivity contribution in [2.45, 2.75) is 37.5 Å². The number of benzene rings is 1. The SMILES string of the molecule is CC(=O)S[C@H]1CCN(C(C(=O)C2CC2)c2ccccc2F)CC1=CCO. The number of thioether (sulfide) groups is 1. The number of carbonyl (C=O) groups excluding carboxylic acids is 2. The standard InChI is InChI=1S/C20H24FNO3S/c1-13(24)26-18-8-10-22(12-15(18)9-11-23)19(20(25)14-6-7-14)16-4-2-3-5-17(16)21/h2-5,9,14,18-19,23H,6-8,10-12H2,1H3/t18-,19?/m0/s1. The van der Waals surface area contributed by atoms with Gasteiger partial charge in [0, 0.05) is 36.7 Å². The molecule has 1 N–H and O–H groups in total. The van der Waals surface area contributed by atoms with Crippen LogP contribution in [0.25, 0.3) is 0 Å². The van der Waals surface area contributed by atoms with Crippen LogP contribution >= 0.6 is 11.8 Å². The minimum atomic E-state index is -0.603. The molecule has 26 heavy (non-hydrogen) atoms. The lowest BCUT2D eigenvalue weighted by Gasteiger charge is -2.38. The highest BCUT2D eigenvalue weighted by Gasteiger charge is 2.41. The summed E-state index contributed by atoms with van der Waals surface area (Å²) in [6, 6.07) is 5.87. The normalized spacial score (nSPS) is 23.8. The maximum atomic E-state index is 14.5. The molecule has 1 aliphatic carbocycles. The van der Waals surface area contributed by atoms with Gasteiger partial charge in [-0.1, -0.05) is 36.0 Å². The number of hydrogen-bond donors (Lipinski definition) is 1. The van der Waals surface area contributed by atoms with E-state index in [2.05, 4.69) is 0 Å². The molecule has 1 aromatic carbocycles. The molecule has 1 saturated heterocycles. The molecule has 0 amide bonds. The van der Waals surface area contributed by atoms with Crippen molar-refractivity contribution in [1.82, 2.24) is 4.90 Å². The number of likely N-dealkylation sites (tertiary alicyclic amines) is 1. The highest BCUT2D eigenvalue weighted by atomic mass is 32.2. The second-order valence-electron chi connectivity index (χ2n) is 6.92. The van der Waals surface area contributed by atoms with Crippen LogP contribution in [0.2, 0.25) is 0 Å². The van der Waals surface area contributed by atoms with E-state index in [4.69, 9.17) is 0 Å². The largest absolute Gasteiger partial charge is 0.392 e. The van der Waals surface area contributed by atoms with Crippen LogP contribution in [0.4, 0.5) is 4.39 Å². The molecule has 1 unspecified atom stereocenters. The highest BCUT2D eigenvalue weighted by Crippen LogP contribution is 2.40. The number of aliphatic hydroxyl groups excluding tert-OH is 1. The summed E-state index contributed by atoms with van der Waals surface area (Å²) in [7, 11) is 0. The van der Waals surface area contributed by atoms with Crippen LogP contribution < -0.4 is 0 Å². The second-order valence-corrected chi connectivity index (χ2v) is 8.30. The van der Waals surface area contributed by atoms with E-state index in [1.807, 2.05) is 4.90 Å². The molecule has 2 fully saturated rings. The molecular weight excluding hydrogens is 353 g/mol. The van der Waals surface area contributed by atoms with Crippen LogP contribution in [0.3, 0.4) is 0 Å². The molecule has 1 aliphatic heterocycles. The van der Waals surface area contributed by atoms with Crippen LogP contribution in [0.15, 0.2) is 35.9 Å². The molecule has 140 valence electrons. The van der Waals surface area contributed by atoms with Crippen molar-refractivity contribution in [2.75, 3.05) is 19.7 Å². The first-order valence-electron chi connectivity index (χ1n) is 9.00. The number of Topliss-reactive ketones (excluding diaryl/α,β-unsaturated/α-hetero) is 1. The van der Waals surface area contributed by atoms with Crippen LogP contribution in [-0.4, -0.2) is 45.9 Å². The Bertz CT molecular complexity index is 717. The Morgan fingerprint density at radius 2 is 2.08 bits per heavy atom. The van der Waals surface area contributed by atoms with E-state index in [0.29, 0.717) is 25.1 Å². The second kappa shape index (κ2) is 8.46. The quantitative estimate of drug-likeness (QED) is 0.772. The van der Waals surface area contributed by atoms with Crippen LogP contribution in [0.5, 0.6) is 0 Å². The Hall–Kier alpha value is -1.50.